The summed E-state index contributed by atoms with van der Waals surface area (Å²) >= 11 is 7.92. The average molecular weight is 874 g/mol. The molecule has 0 bridgehead atoms. The molecule has 5 aliphatic rings. The first-order chi connectivity index (χ1) is 29.8. The van der Waals surface area contributed by atoms with Gasteiger partial charge in [0.2, 0.25) is 23.6 Å². The van der Waals surface area contributed by atoms with Crippen molar-refractivity contribution in [2.75, 3.05) is 32.2 Å². The predicted octanol–water partition coefficient (Wildman–Crippen LogP) is 7.88. The fraction of sp³-hybridized carbons (Fsp3) is 0.396. The summed E-state index contributed by atoms with van der Waals surface area (Å²) in [6, 6.07) is 20.7. The molecular weight excluding hydrogens is 826 g/mol. The SMILES string of the molecule is COc1cc(O)c([C@H]2C3=CC[C@@H]4C(=O)N(C5CCN(Cc6ccccc6)CC5)C(=O)[C@@H]4[C@@H]3C[C@H]3C(=O)N(c4cc(-c5sc6ccc(Cl)cc6c5C)nn4C)C(=O)[C@@]23C)c(OC)c1. The number of likely N-dealkylation sites (tertiary alicyclic amines) is 2. The number of benzene rings is 3. The molecule has 4 fully saturated rings. The number of aromatic hydroxyl groups is 1. The first kappa shape index (κ1) is 40.6. The number of imide groups is 2. The molecule has 320 valence electrons. The van der Waals surface area contributed by atoms with Crippen molar-refractivity contribution in [1.29, 1.82) is 0 Å². The number of halogens is 1. The molecule has 62 heavy (non-hydrogen) atoms. The minimum Gasteiger partial charge on any atom is -0.507 e. The van der Waals surface area contributed by atoms with Crippen LogP contribution in [0.1, 0.15) is 55.2 Å². The van der Waals surface area contributed by atoms with E-state index in [4.69, 9.17) is 26.2 Å². The molecule has 14 heteroatoms. The molecule has 5 aromatic rings. The maximum atomic E-state index is 15.4. The second-order valence-electron chi connectivity index (χ2n) is 17.7. The minimum absolute atomic E-state index is 0.158. The second kappa shape index (κ2) is 15.1. The normalized spacial score (nSPS) is 26.5. The van der Waals surface area contributed by atoms with Gasteiger partial charge in [0.15, 0.2) is 0 Å². The maximum Gasteiger partial charge on any atom is 0.242 e. The first-order valence-electron chi connectivity index (χ1n) is 21.2. The lowest BCUT2D eigenvalue weighted by Crippen LogP contribution is -2.49. The number of methoxy groups -OCH3 is 2. The van der Waals surface area contributed by atoms with Crippen LogP contribution in [0.3, 0.4) is 0 Å². The van der Waals surface area contributed by atoms with Crippen molar-refractivity contribution >= 4 is 62.5 Å². The van der Waals surface area contributed by atoms with E-state index in [1.54, 1.807) is 42.1 Å². The molecule has 0 spiro atoms. The number of phenolic OH excluding ortho intramolecular Hbond substituents is 1. The Bertz CT molecular complexity index is 2720. The van der Waals surface area contributed by atoms with E-state index in [-0.39, 0.29) is 35.8 Å². The third-order valence-electron chi connectivity index (χ3n) is 14.5. The zero-order valence-corrected chi connectivity index (χ0v) is 36.8. The second-order valence-corrected chi connectivity index (χ2v) is 19.2. The fourth-order valence-electron chi connectivity index (χ4n) is 11.5. The van der Waals surface area contributed by atoms with Gasteiger partial charge in [-0.3, -0.25) is 33.7 Å². The van der Waals surface area contributed by atoms with Crippen LogP contribution in [0.25, 0.3) is 20.7 Å². The molecule has 2 aliphatic carbocycles. The van der Waals surface area contributed by atoms with E-state index < -0.39 is 46.8 Å². The Morgan fingerprint density at radius 1 is 0.935 bits per heavy atom. The summed E-state index contributed by atoms with van der Waals surface area (Å²) in [4.78, 5) is 65.9. The van der Waals surface area contributed by atoms with Crippen LogP contribution >= 0.6 is 22.9 Å². The number of carbonyl (C=O) groups excluding carboxylic acids is 4. The summed E-state index contributed by atoms with van der Waals surface area (Å²) in [6.45, 7) is 6.13. The van der Waals surface area contributed by atoms with Crippen LogP contribution < -0.4 is 14.4 Å². The van der Waals surface area contributed by atoms with Gasteiger partial charge in [-0.15, -0.1) is 11.3 Å². The molecule has 12 nitrogen and oxygen atoms in total. The van der Waals surface area contributed by atoms with Crippen molar-refractivity contribution in [3.8, 4) is 27.8 Å². The number of piperidine rings is 1. The number of aryl methyl sites for hydroxylation is 2. The Hall–Kier alpha value is -5.50. The number of hydrogen-bond acceptors (Lipinski definition) is 10. The van der Waals surface area contributed by atoms with Crippen LogP contribution in [0.2, 0.25) is 5.02 Å². The van der Waals surface area contributed by atoms with Gasteiger partial charge in [0, 0.05) is 72.1 Å². The zero-order valence-electron chi connectivity index (χ0n) is 35.3. The first-order valence-corrected chi connectivity index (χ1v) is 22.4. The molecule has 3 aliphatic heterocycles. The van der Waals surface area contributed by atoms with E-state index in [0.717, 1.165) is 45.7 Å². The van der Waals surface area contributed by atoms with Crippen molar-refractivity contribution in [2.24, 2.45) is 36.1 Å². The number of aromatic nitrogens is 2. The summed E-state index contributed by atoms with van der Waals surface area (Å²) < 4.78 is 14.0. The number of thiophene rings is 1. The van der Waals surface area contributed by atoms with Gasteiger partial charge in [-0.1, -0.05) is 53.6 Å². The molecule has 1 N–H and O–H groups in total. The van der Waals surface area contributed by atoms with Crippen molar-refractivity contribution in [3.63, 3.8) is 0 Å². The number of anilines is 1. The molecule has 1 saturated carbocycles. The predicted molar refractivity (Wildman–Crippen MR) is 236 cm³/mol. The number of rotatable bonds is 8. The van der Waals surface area contributed by atoms with Gasteiger partial charge in [-0.05, 0) is 80.2 Å². The largest absolute Gasteiger partial charge is 0.507 e. The summed E-state index contributed by atoms with van der Waals surface area (Å²) in [6.07, 6.45) is 3.84. The van der Waals surface area contributed by atoms with E-state index in [1.807, 2.05) is 49.4 Å². The van der Waals surface area contributed by atoms with E-state index in [1.165, 1.54) is 35.6 Å². The molecule has 0 unspecified atom stereocenters. The zero-order chi connectivity index (χ0) is 43.4. The van der Waals surface area contributed by atoms with Gasteiger partial charge >= 0.3 is 0 Å². The van der Waals surface area contributed by atoms with Crippen LogP contribution in [0.5, 0.6) is 17.2 Å². The Balaban J connectivity index is 1.02. The smallest absolute Gasteiger partial charge is 0.242 e. The van der Waals surface area contributed by atoms with Crippen LogP contribution in [0, 0.1) is 36.0 Å². The number of amides is 4. The monoisotopic (exact) mass is 873 g/mol. The lowest BCUT2D eigenvalue weighted by Gasteiger charge is -2.49. The number of allylic oxidation sites excluding steroid dienone is 2. The van der Waals surface area contributed by atoms with Gasteiger partial charge < -0.3 is 14.6 Å². The van der Waals surface area contributed by atoms with E-state index in [9.17, 15) is 14.7 Å². The van der Waals surface area contributed by atoms with Gasteiger partial charge in [0.25, 0.3) is 0 Å². The highest BCUT2D eigenvalue weighted by atomic mass is 35.5. The minimum atomic E-state index is -1.42. The van der Waals surface area contributed by atoms with Crippen LogP contribution in [0.4, 0.5) is 5.82 Å². The number of fused-ring (bicyclic) bond motifs is 5. The quantitative estimate of drug-likeness (QED) is 0.122. The molecule has 6 atom stereocenters. The molecule has 5 heterocycles. The number of ether oxygens (including phenoxy) is 2. The summed E-state index contributed by atoms with van der Waals surface area (Å²) in [5, 5.41) is 18.4. The Morgan fingerprint density at radius 2 is 1.69 bits per heavy atom. The fourth-order valence-corrected chi connectivity index (χ4v) is 12.8. The van der Waals surface area contributed by atoms with Crippen molar-refractivity contribution < 1.29 is 33.8 Å². The summed E-state index contributed by atoms with van der Waals surface area (Å²) in [5.41, 5.74) is 2.51. The molecular formula is C48H48ClN5O7S. The Kier molecular flexibility index (Phi) is 9.88. The molecule has 0 radical (unpaired) electrons. The average Bonchev–Trinajstić information content (AvgIpc) is 3.94. The van der Waals surface area contributed by atoms with Gasteiger partial charge in [0.05, 0.1) is 42.3 Å². The summed E-state index contributed by atoms with van der Waals surface area (Å²) in [7, 11) is 4.69. The molecule has 3 saturated heterocycles. The van der Waals surface area contributed by atoms with Crippen molar-refractivity contribution in [3.05, 3.63) is 100 Å². The van der Waals surface area contributed by atoms with Crippen molar-refractivity contribution in [1.82, 2.24) is 19.6 Å². The number of phenols is 1. The van der Waals surface area contributed by atoms with Crippen LogP contribution in [0.15, 0.2) is 78.4 Å². The highest BCUT2D eigenvalue weighted by Gasteiger charge is 2.69. The van der Waals surface area contributed by atoms with Crippen LogP contribution in [-0.4, -0.2) is 81.7 Å². The topological polar surface area (TPSA) is 135 Å². The molecule has 2 aromatic heterocycles. The van der Waals surface area contributed by atoms with Gasteiger partial charge in [0.1, 0.15) is 28.8 Å². The summed E-state index contributed by atoms with van der Waals surface area (Å²) in [5.74, 6) is -4.06. The third-order valence-corrected chi connectivity index (χ3v) is 16.1. The molecule has 10 rings (SSSR count). The standard InChI is InChI=1S/C48H48ClN5O7S/c1-25-32-19-27(49)11-14-38(32)62-43(25)35-23-39(51(3)50-35)54-45(57)34-22-33-30(42(48(34,2)47(54)59)41-36(55)20-29(60-4)21-37(41)61-5)12-13-31-40(33)46(58)53(44(31)56)28-15-17-52(18-16-28)24-26-9-7-6-8-10-26/h6-12,14,19-21,23,28,31,33-34,40,42,55H,13,15-18,22,24H2,1-5H3/t31-,33+,34-,40-,42+,48+/m0/s1. The lowest BCUT2D eigenvalue weighted by molar-refractivity contribution is -0.144. The van der Waals surface area contributed by atoms with E-state index in [2.05, 4.69) is 17.0 Å². The number of carbonyl (C=O) groups is 4. The number of nitrogens with zero attached hydrogens (tertiary/aromatic N) is 5. The lowest BCUT2D eigenvalue weighted by atomic mass is 9.51. The van der Waals surface area contributed by atoms with Crippen LogP contribution in [-0.2, 0) is 32.8 Å². The molecule has 4 amide bonds. The van der Waals surface area contributed by atoms with Gasteiger partial charge in [-0.25, -0.2) is 4.90 Å². The molecule has 3 aromatic carbocycles. The van der Waals surface area contributed by atoms with Gasteiger partial charge in [-0.2, -0.15) is 5.10 Å². The third kappa shape index (κ3) is 6.06. The Labute approximate surface area is 368 Å². The van der Waals surface area contributed by atoms with E-state index >= 15 is 9.59 Å². The maximum absolute atomic E-state index is 15.4. The highest BCUT2D eigenvalue weighted by molar-refractivity contribution is 7.22. The highest BCUT2D eigenvalue weighted by Crippen LogP contribution is 2.66. The van der Waals surface area contributed by atoms with Crippen molar-refractivity contribution in [2.45, 2.75) is 58.0 Å². The van der Waals surface area contributed by atoms with E-state index in [0.29, 0.717) is 47.1 Å². The Morgan fingerprint density at radius 3 is 2.42 bits per heavy atom. The number of hydrogen-bond donors (Lipinski definition) is 1.